The molecule has 0 radical (unpaired) electrons. The average molecular weight is 247 g/mol. The molecule has 2 amide bonds. The van der Waals surface area contributed by atoms with Crippen LogP contribution in [0.2, 0.25) is 0 Å². The summed E-state index contributed by atoms with van der Waals surface area (Å²) in [5, 5.41) is 0. The van der Waals surface area contributed by atoms with Gasteiger partial charge in [0.1, 0.15) is 5.75 Å². The zero-order valence-corrected chi connectivity index (χ0v) is 10.5. The van der Waals surface area contributed by atoms with Crippen molar-refractivity contribution >= 4 is 12.0 Å². The molecular weight excluding hydrogens is 230 g/mol. The van der Waals surface area contributed by atoms with E-state index in [-0.39, 0.29) is 5.91 Å². The Bertz CT molecular complexity index is 430. The molecule has 1 fully saturated rings. The van der Waals surface area contributed by atoms with Crippen molar-refractivity contribution in [3.05, 3.63) is 30.3 Å². The molecule has 1 aliphatic heterocycles. The van der Waals surface area contributed by atoms with Crippen LogP contribution >= 0.6 is 0 Å². The Morgan fingerprint density at radius 3 is 2.72 bits per heavy atom. The molecule has 0 unspecified atom stereocenters. The summed E-state index contributed by atoms with van der Waals surface area (Å²) in [6.45, 7) is 2.53. The Labute approximate surface area is 107 Å². The highest BCUT2D eigenvalue weighted by Gasteiger charge is 2.30. The van der Waals surface area contributed by atoms with Crippen LogP contribution in [-0.2, 0) is 4.79 Å². The molecule has 1 saturated heterocycles. The van der Waals surface area contributed by atoms with E-state index in [1.54, 1.807) is 24.3 Å². The van der Waals surface area contributed by atoms with Gasteiger partial charge in [-0.3, -0.25) is 4.79 Å². The molecule has 1 aliphatic rings. The molecule has 1 aromatic carbocycles. The number of hydrogen-bond acceptors (Lipinski definition) is 3. The number of nitrogens with zero attached hydrogens (tertiary/aromatic N) is 1. The molecule has 0 aromatic heterocycles. The summed E-state index contributed by atoms with van der Waals surface area (Å²) in [7, 11) is 0. The van der Waals surface area contributed by atoms with Crippen molar-refractivity contribution < 1.29 is 14.3 Å². The number of likely N-dealkylation sites (tertiary alicyclic amines) is 1. The monoisotopic (exact) mass is 247 g/mol. The Balaban J connectivity index is 1.96. The van der Waals surface area contributed by atoms with E-state index in [0.29, 0.717) is 24.6 Å². The number of para-hydroxylation sites is 1. The minimum atomic E-state index is -0.569. The third kappa shape index (κ3) is 2.88. The van der Waals surface area contributed by atoms with Gasteiger partial charge in [0.2, 0.25) is 5.91 Å². The van der Waals surface area contributed by atoms with Gasteiger partial charge in [-0.05, 0) is 24.5 Å². The average Bonchev–Trinajstić information content (AvgIpc) is 2.39. The standard InChI is InChI=1S/C14H17NO3/c1-2-11-8-9-15(13(16)10-11)14(17)18-12-6-4-3-5-7-12/h3-7,11H,2,8-10H2,1H3/t11-/m1/s1. The first-order valence-corrected chi connectivity index (χ1v) is 6.28. The molecule has 0 saturated carbocycles. The lowest BCUT2D eigenvalue weighted by molar-refractivity contribution is -0.132. The summed E-state index contributed by atoms with van der Waals surface area (Å²) in [5.41, 5.74) is 0. The summed E-state index contributed by atoms with van der Waals surface area (Å²) in [6, 6.07) is 8.80. The van der Waals surface area contributed by atoms with E-state index in [9.17, 15) is 9.59 Å². The quantitative estimate of drug-likeness (QED) is 0.807. The van der Waals surface area contributed by atoms with Crippen LogP contribution in [0.15, 0.2) is 30.3 Å². The third-order valence-corrected chi connectivity index (χ3v) is 3.27. The van der Waals surface area contributed by atoms with Crippen LogP contribution in [-0.4, -0.2) is 23.4 Å². The molecular formula is C14H17NO3. The SMILES string of the molecule is CC[C@@H]1CCN(C(=O)Oc2ccccc2)C(=O)C1. The van der Waals surface area contributed by atoms with Crippen LogP contribution in [0.5, 0.6) is 5.75 Å². The molecule has 2 rings (SSSR count). The third-order valence-electron chi connectivity index (χ3n) is 3.27. The number of rotatable bonds is 2. The Morgan fingerprint density at radius 2 is 2.11 bits per heavy atom. The maximum atomic E-state index is 11.9. The summed E-state index contributed by atoms with van der Waals surface area (Å²) >= 11 is 0. The van der Waals surface area contributed by atoms with Crippen LogP contribution < -0.4 is 4.74 Å². The molecule has 4 nitrogen and oxygen atoms in total. The summed E-state index contributed by atoms with van der Waals surface area (Å²) in [4.78, 5) is 24.9. The normalized spacial score (nSPS) is 19.7. The van der Waals surface area contributed by atoms with E-state index in [0.717, 1.165) is 12.8 Å². The predicted octanol–water partition coefficient (Wildman–Crippen LogP) is 2.83. The van der Waals surface area contributed by atoms with Gasteiger partial charge in [0.05, 0.1) is 0 Å². The first kappa shape index (κ1) is 12.6. The van der Waals surface area contributed by atoms with Gasteiger partial charge < -0.3 is 4.74 Å². The van der Waals surface area contributed by atoms with Gasteiger partial charge >= 0.3 is 6.09 Å². The topological polar surface area (TPSA) is 46.6 Å². The molecule has 1 aromatic rings. The molecule has 0 aliphatic carbocycles. The maximum Gasteiger partial charge on any atom is 0.421 e. The zero-order valence-electron chi connectivity index (χ0n) is 10.5. The Kier molecular flexibility index (Phi) is 3.97. The fourth-order valence-corrected chi connectivity index (χ4v) is 2.08. The number of amides is 2. The van der Waals surface area contributed by atoms with E-state index in [1.165, 1.54) is 4.90 Å². The van der Waals surface area contributed by atoms with Gasteiger partial charge in [-0.15, -0.1) is 0 Å². The Hall–Kier alpha value is -1.84. The minimum absolute atomic E-state index is 0.131. The second kappa shape index (κ2) is 5.67. The molecule has 1 atom stereocenters. The van der Waals surface area contributed by atoms with Crippen LogP contribution in [0.25, 0.3) is 0 Å². The van der Waals surface area contributed by atoms with E-state index in [4.69, 9.17) is 4.74 Å². The van der Waals surface area contributed by atoms with Crippen LogP contribution in [0, 0.1) is 5.92 Å². The fraction of sp³-hybridized carbons (Fsp3) is 0.429. The molecule has 1 heterocycles. The molecule has 96 valence electrons. The van der Waals surface area contributed by atoms with Crippen molar-refractivity contribution in [2.45, 2.75) is 26.2 Å². The number of carbonyl (C=O) groups excluding carboxylic acids is 2. The van der Waals surface area contributed by atoms with Gasteiger partial charge in [-0.1, -0.05) is 31.5 Å². The number of benzene rings is 1. The van der Waals surface area contributed by atoms with Gasteiger partial charge in [0, 0.05) is 13.0 Å². The first-order chi connectivity index (χ1) is 8.70. The smallest absolute Gasteiger partial charge is 0.410 e. The molecule has 4 heteroatoms. The molecule has 18 heavy (non-hydrogen) atoms. The summed E-state index contributed by atoms with van der Waals surface area (Å²) in [5.74, 6) is 0.736. The van der Waals surface area contributed by atoms with Crippen LogP contribution in [0.4, 0.5) is 4.79 Å². The largest absolute Gasteiger partial charge is 0.421 e. The van der Waals surface area contributed by atoms with Crippen molar-refractivity contribution in [3.63, 3.8) is 0 Å². The lowest BCUT2D eigenvalue weighted by atomic mass is 9.94. The van der Waals surface area contributed by atoms with E-state index >= 15 is 0 Å². The maximum absolute atomic E-state index is 11.9. The second-order valence-corrected chi connectivity index (χ2v) is 4.49. The van der Waals surface area contributed by atoms with Crippen molar-refractivity contribution in [2.75, 3.05) is 6.54 Å². The lowest BCUT2D eigenvalue weighted by Gasteiger charge is -2.28. The van der Waals surface area contributed by atoms with Crippen molar-refractivity contribution in [1.29, 1.82) is 0 Å². The Morgan fingerprint density at radius 1 is 1.39 bits per heavy atom. The second-order valence-electron chi connectivity index (χ2n) is 4.49. The first-order valence-electron chi connectivity index (χ1n) is 6.28. The highest BCUT2D eigenvalue weighted by Crippen LogP contribution is 2.22. The molecule has 0 spiro atoms. The van der Waals surface area contributed by atoms with E-state index in [2.05, 4.69) is 6.92 Å². The summed E-state index contributed by atoms with van der Waals surface area (Å²) < 4.78 is 5.16. The van der Waals surface area contributed by atoms with Crippen molar-refractivity contribution in [1.82, 2.24) is 4.90 Å². The number of carbonyl (C=O) groups is 2. The van der Waals surface area contributed by atoms with Crippen molar-refractivity contribution in [2.24, 2.45) is 5.92 Å². The van der Waals surface area contributed by atoms with Crippen LogP contribution in [0.1, 0.15) is 26.2 Å². The zero-order chi connectivity index (χ0) is 13.0. The summed E-state index contributed by atoms with van der Waals surface area (Å²) in [6.07, 6.45) is 1.72. The highest BCUT2D eigenvalue weighted by atomic mass is 16.6. The predicted molar refractivity (Wildman–Crippen MR) is 67.2 cm³/mol. The number of ether oxygens (including phenoxy) is 1. The molecule has 0 N–H and O–H groups in total. The van der Waals surface area contributed by atoms with E-state index < -0.39 is 6.09 Å². The number of imide groups is 1. The van der Waals surface area contributed by atoms with Gasteiger partial charge in [0.15, 0.2) is 0 Å². The van der Waals surface area contributed by atoms with Gasteiger partial charge in [0.25, 0.3) is 0 Å². The van der Waals surface area contributed by atoms with Gasteiger partial charge in [-0.2, -0.15) is 0 Å². The molecule has 0 bridgehead atoms. The lowest BCUT2D eigenvalue weighted by Crippen LogP contribution is -2.44. The van der Waals surface area contributed by atoms with Crippen LogP contribution in [0.3, 0.4) is 0 Å². The highest BCUT2D eigenvalue weighted by molar-refractivity contribution is 5.93. The van der Waals surface area contributed by atoms with Crippen molar-refractivity contribution in [3.8, 4) is 5.75 Å². The minimum Gasteiger partial charge on any atom is -0.410 e. The fourth-order valence-electron chi connectivity index (χ4n) is 2.08. The number of hydrogen-bond donors (Lipinski definition) is 0. The van der Waals surface area contributed by atoms with E-state index in [1.807, 2.05) is 6.07 Å². The number of piperidine rings is 1. The van der Waals surface area contributed by atoms with Gasteiger partial charge in [-0.25, -0.2) is 9.69 Å².